The molecule has 1 unspecified atom stereocenters. The van der Waals surface area contributed by atoms with E-state index < -0.39 is 5.54 Å². The lowest BCUT2D eigenvalue weighted by Gasteiger charge is -2.25. The second-order valence-electron chi connectivity index (χ2n) is 5.52. The molecule has 1 saturated heterocycles. The summed E-state index contributed by atoms with van der Waals surface area (Å²) in [6, 6.07) is 0.0778. The Bertz CT molecular complexity index is 343. The first kappa shape index (κ1) is 16.2. The van der Waals surface area contributed by atoms with Gasteiger partial charge in [0.15, 0.2) is 0 Å². The maximum absolute atomic E-state index is 12.1. The van der Waals surface area contributed by atoms with Gasteiger partial charge in [0.25, 0.3) is 0 Å². The van der Waals surface area contributed by atoms with E-state index in [-0.39, 0.29) is 30.3 Å². The number of hydrogen-bond donors (Lipinski definition) is 2. The summed E-state index contributed by atoms with van der Waals surface area (Å²) < 4.78 is 0. The average molecular weight is 290 g/mol. The van der Waals surface area contributed by atoms with Crippen molar-refractivity contribution >= 4 is 24.2 Å². The molecule has 0 spiro atoms. The van der Waals surface area contributed by atoms with Crippen molar-refractivity contribution in [2.75, 3.05) is 13.1 Å². The Balaban J connectivity index is 0.00000180. The Morgan fingerprint density at radius 1 is 1.37 bits per heavy atom. The van der Waals surface area contributed by atoms with Crippen molar-refractivity contribution in [2.45, 2.75) is 57.0 Å². The van der Waals surface area contributed by atoms with Gasteiger partial charge in [-0.2, -0.15) is 0 Å². The van der Waals surface area contributed by atoms with E-state index in [9.17, 15) is 9.59 Å². The van der Waals surface area contributed by atoms with E-state index in [0.717, 1.165) is 38.6 Å². The van der Waals surface area contributed by atoms with Gasteiger partial charge in [0.2, 0.25) is 11.8 Å². The van der Waals surface area contributed by atoms with E-state index in [2.05, 4.69) is 5.32 Å². The molecule has 2 aliphatic rings. The van der Waals surface area contributed by atoms with Gasteiger partial charge < -0.3 is 16.0 Å². The van der Waals surface area contributed by atoms with E-state index >= 15 is 0 Å². The zero-order valence-electron chi connectivity index (χ0n) is 11.5. The van der Waals surface area contributed by atoms with Crippen LogP contribution in [-0.2, 0) is 9.59 Å². The normalized spacial score (nSPS) is 24.9. The smallest absolute Gasteiger partial charge is 0.240 e. The summed E-state index contributed by atoms with van der Waals surface area (Å²) in [6.07, 6.45) is 5.01. The van der Waals surface area contributed by atoms with Crippen LogP contribution in [-0.4, -0.2) is 41.4 Å². The standard InChI is InChI=1S/C13H23N3O2.ClH/c1-2-11(17)16-8-5-10(9-16)15-12(18)13(14)6-3-4-7-13;/h10H,2-9,14H2,1H3,(H,15,18);1H. The number of nitrogens with zero attached hydrogens (tertiary/aromatic N) is 1. The fourth-order valence-corrected chi connectivity index (χ4v) is 2.89. The molecule has 0 aromatic rings. The monoisotopic (exact) mass is 289 g/mol. The predicted molar refractivity (Wildman–Crippen MR) is 76.1 cm³/mol. The van der Waals surface area contributed by atoms with Crippen LogP contribution in [0.2, 0.25) is 0 Å². The van der Waals surface area contributed by atoms with Gasteiger partial charge in [-0.1, -0.05) is 19.8 Å². The van der Waals surface area contributed by atoms with Gasteiger partial charge in [-0.15, -0.1) is 12.4 Å². The first-order chi connectivity index (χ1) is 8.55. The van der Waals surface area contributed by atoms with Crippen molar-refractivity contribution in [1.82, 2.24) is 10.2 Å². The largest absolute Gasteiger partial charge is 0.350 e. The zero-order chi connectivity index (χ0) is 13.2. The van der Waals surface area contributed by atoms with E-state index in [1.807, 2.05) is 11.8 Å². The Hall–Kier alpha value is -0.810. The molecule has 110 valence electrons. The number of nitrogens with two attached hydrogens (primary N) is 1. The summed E-state index contributed by atoms with van der Waals surface area (Å²) in [5.41, 5.74) is 5.44. The molecule has 6 heteroatoms. The molecule has 5 nitrogen and oxygen atoms in total. The summed E-state index contributed by atoms with van der Waals surface area (Å²) in [5, 5.41) is 3.01. The van der Waals surface area contributed by atoms with E-state index in [1.165, 1.54) is 0 Å². The van der Waals surface area contributed by atoms with Crippen LogP contribution in [0.1, 0.15) is 45.4 Å². The maximum atomic E-state index is 12.1. The number of likely N-dealkylation sites (tertiary alicyclic amines) is 1. The van der Waals surface area contributed by atoms with Crippen LogP contribution in [0, 0.1) is 0 Å². The summed E-state index contributed by atoms with van der Waals surface area (Å²) in [7, 11) is 0. The molecular formula is C13H24ClN3O2. The molecule has 19 heavy (non-hydrogen) atoms. The van der Waals surface area contributed by atoms with Gasteiger partial charge in [0.05, 0.1) is 5.54 Å². The van der Waals surface area contributed by atoms with Gasteiger partial charge in [-0.05, 0) is 19.3 Å². The SMILES string of the molecule is CCC(=O)N1CCC(NC(=O)C2(N)CCCC2)C1.Cl. The lowest BCUT2D eigenvalue weighted by atomic mass is 9.97. The van der Waals surface area contributed by atoms with Gasteiger partial charge >= 0.3 is 0 Å². The molecule has 1 atom stereocenters. The van der Waals surface area contributed by atoms with Crippen molar-refractivity contribution < 1.29 is 9.59 Å². The Labute approximate surface area is 120 Å². The predicted octanol–water partition coefficient (Wildman–Crippen LogP) is 0.807. The van der Waals surface area contributed by atoms with Crippen LogP contribution in [0.15, 0.2) is 0 Å². The first-order valence-electron chi connectivity index (χ1n) is 6.93. The van der Waals surface area contributed by atoms with Gasteiger partial charge in [-0.3, -0.25) is 9.59 Å². The number of carbonyl (C=O) groups is 2. The Kier molecular flexibility index (Phi) is 5.62. The molecule has 1 aliphatic carbocycles. The van der Waals surface area contributed by atoms with Gasteiger partial charge in [-0.25, -0.2) is 0 Å². The average Bonchev–Trinajstić information content (AvgIpc) is 2.98. The summed E-state index contributed by atoms with van der Waals surface area (Å²) in [4.78, 5) is 25.5. The molecule has 3 N–H and O–H groups in total. The number of rotatable bonds is 3. The van der Waals surface area contributed by atoms with Crippen LogP contribution < -0.4 is 11.1 Å². The topological polar surface area (TPSA) is 75.4 Å². The highest BCUT2D eigenvalue weighted by Crippen LogP contribution is 2.27. The molecule has 0 aromatic heterocycles. The maximum Gasteiger partial charge on any atom is 0.240 e. The van der Waals surface area contributed by atoms with Crippen molar-refractivity contribution in [3.05, 3.63) is 0 Å². The van der Waals surface area contributed by atoms with Gasteiger partial charge in [0.1, 0.15) is 0 Å². The minimum absolute atomic E-state index is 0. The molecule has 2 fully saturated rings. The lowest BCUT2D eigenvalue weighted by Crippen LogP contribution is -2.54. The van der Waals surface area contributed by atoms with Crippen LogP contribution in [0.5, 0.6) is 0 Å². The minimum atomic E-state index is -0.664. The lowest BCUT2D eigenvalue weighted by molar-refractivity contribution is -0.130. The Morgan fingerprint density at radius 2 is 2.00 bits per heavy atom. The molecule has 1 saturated carbocycles. The molecule has 0 bridgehead atoms. The third-order valence-electron chi connectivity index (χ3n) is 4.13. The number of hydrogen-bond acceptors (Lipinski definition) is 3. The minimum Gasteiger partial charge on any atom is -0.350 e. The molecule has 2 rings (SSSR count). The van der Waals surface area contributed by atoms with Crippen LogP contribution >= 0.6 is 12.4 Å². The third-order valence-corrected chi connectivity index (χ3v) is 4.13. The van der Waals surface area contributed by atoms with E-state index in [4.69, 9.17) is 5.73 Å². The molecule has 1 aliphatic heterocycles. The number of nitrogens with one attached hydrogen (secondary N) is 1. The summed E-state index contributed by atoms with van der Waals surface area (Å²) >= 11 is 0. The summed E-state index contributed by atoms with van der Waals surface area (Å²) in [5.74, 6) is 0.130. The van der Waals surface area contributed by atoms with Crippen LogP contribution in [0.3, 0.4) is 0 Å². The molecular weight excluding hydrogens is 266 g/mol. The molecule has 0 radical (unpaired) electrons. The van der Waals surface area contributed by atoms with Crippen LogP contribution in [0.25, 0.3) is 0 Å². The first-order valence-corrected chi connectivity index (χ1v) is 6.93. The second-order valence-corrected chi connectivity index (χ2v) is 5.52. The van der Waals surface area contributed by atoms with Crippen molar-refractivity contribution in [3.8, 4) is 0 Å². The van der Waals surface area contributed by atoms with Crippen LogP contribution in [0.4, 0.5) is 0 Å². The highest BCUT2D eigenvalue weighted by atomic mass is 35.5. The third kappa shape index (κ3) is 3.60. The van der Waals surface area contributed by atoms with E-state index in [0.29, 0.717) is 13.0 Å². The highest BCUT2D eigenvalue weighted by Gasteiger charge is 2.38. The fourth-order valence-electron chi connectivity index (χ4n) is 2.89. The van der Waals surface area contributed by atoms with E-state index in [1.54, 1.807) is 0 Å². The fraction of sp³-hybridized carbons (Fsp3) is 0.846. The highest BCUT2D eigenvalue weighted by molar-refractivity contribution is 5.86. The molecule has 1 heterocycles. The number of amides is 2. The molecule has 2 amide bonds. The van der Waals surface area contributed by atoms with Crippen molar-refractivity contribution in [1.29, 1.82) is 0 Å². The number of carbonyl (C=O) groups excluding carboxylic acids is 2. The van der Waals surface area contributed by atoms with Gasteiger partial charge in [0, 0.05) is 25.6 Å². The van der Waals surface area contributed by atoms with Crippen molar-refractivity contribution in [2.24, 2.45) is 5.73 Å². The zero-order valence-corrected chi connectivity index (χ0v) is 12.3. The second kappa shape index (κ2) is 6.57. The molecule has 0 aromatic carbocycles. The summed E-state index contributed by atoms with van der Waals surface area (Å²) in [6.45, 7) is 3.24. The van der Waals surface area contributed by atoms with Crippen molar-refractivity contribution in [3.63, 3.8) is 0 Å². The Morgan fingerprint density at radius 3 is 2.58 bits per heavy atom. The number of halogens is 1. The quantitative estimate of drug-likeness (QED) is 0.807.